The second-order valence-electron chi connectivity index (χ2n) is 5.75. The molecule has 6 nitrogen and oxygen atoms in total. The highest BCUT2D eigenvalue weighted by Crippen LogP contribution is 2.22. The number of carbonyl (C=O) groups is 1. The monoisotopic (exact) mass is 396 g/mol. The van der Waals surface area contributed by atoms with Gasteiger partial charge in [0.15, 0.2) is 5.13 Å². The molecule has 1 aliphatic rings. The standard InChI is InChI=1S/C17H18ClFN4O2S/c1-11(14-3-2-12(19)8-15(14)18)21-22-16(24)9-13-10-26-17(20-13)23-4-6-25-7-5-23/h2-3,8,10H,4-7,9H2,1H3,(H,22,24)/b21-11-. The number of halogens is 2. The maximum atomic E-state index is 13.1. The van der Waals surface area contributed by atoms with E-state index >= 15 is 0 Å². The van der Waals surface area contributed by atoms with Gasteiger partial charge < -0.3 is 9.64 Å². The molecule has 2 heterocycles. The Kier molecular flexibility index (Phi) is 6.18. The molecule has 3 rings (SSSR count). The zero-order valence-electron chi connectivity index (χ0n) is 14.2. The van der Waals surface area contributed by atoms with Crippen molar-refractivity contribution >= 4 is 39.7 Å². The molecular weight excluding hydrogens is 379 g/mol. The lowest BCUT2D eigenvalue weighted by Gasteiger charge is -2.26. The first-order chi connectivity index (χ1) is 12.5. The molecule has 0 radical (unpaired) electrons. The van der Waals surface area contributed by atoms with E-state index in [9.17, 15) is 9.18 Å². The Morgan fingerprint density at radius 1 is 1.46 bits per heavy atom. The summed E-state index contributed by atoms with van der Waals surface area (Å²) in [7, 11) is 0. The normalized spacial score (nSPS) is 15.2. The summed E-state index contributed by atoms with van der Waals surface area (Å²) in [6.45, 7) is 4.69. The average molecular weight is 397 g/mol. The maximum Gasteiger partial charge on any atom is 0.246 e. The molecule has 1 saturated heterocycles. The molecule has 1 N–H and O–H groups in total. The van der Waals surface area contributed by atoms with Crippen LogP contribution in [0.5, 0.6) is 0 Å². The van der Waals surface area contributed by atoms with Crippen LogP contribution in [0, 0.1) is 5.82 Å². The van der Waals surface area contributed by atoms with Crippen LogP contribution >= 0.6 is 22.9 Å². The van der Waals surface area contributed by atoms with Gasteiger partial charge in [-0.25, -0.2) is 14.8 Å². The average Bonchev–Trinajstić information content (AvgIpc) is 3.09. The van der Waals surface area contributed by atoms with Crippen molar-refractivity contribution in [3.8, 4) is 0 Å². The van der Waals surface area contributed by atoms with E-state index in [-0.39, 0.29) is 17.4 Å². The lowest BCUT2D eigenvalue weighted by molar-refractivity contribution is -0.120. The van der Waals surface area contributed by atoms with Gasteiger partial charge in [-0.15, -0.1) is 11.3 Å². The molecule has 1 aliphatic heterocycles. The van der Waals surface area contributed by atoms with Crippen molar-refractivity contribution in [2.24, 2.45) is 5.10 Å². The van der Waals surface area contributed by atoms with Crippen LogP contribution in [-0.4, -0.2) is 42.9 Å². The summed E-state index contributed by atoms with van der Waals surface area (Å²) in [5, 5.41) is 7.05. The second-order valence-corrected chi connectivity index (χ2v) is 7.00. The summed E-state index contributed by atoms with van der Waals surface area (Å²) in [4.78, 5) is 18.7. The molecule has 0 unspecified atom stereocenters. The van der Waals surface area contributed by atoms with E-state index in [1.54, 1.807) is 6.92 Å². The fraction of sp³-hybridized carbons (Fsp3) is 0.353. The van der Waals surface area contributed by atoms with Gasteiger partial charge >= 0.3 is 0 Å². The van der Waals surface area contributed by atoms with Gasteiger partial charge in [-0.05, 0) is 25.1 Å². The molecule has 0 aliphatic carbocycles. The quantitative estimate of drug-likeness (QED) is 0.623. The van der Waals surface area contributed by atoms with Crippen molar-refractivity contribution in [2.75, 3.05) is 31.2 Å². The number of carbonyl (C=O) groups excluding carboxylic acids is 1. The van der Waals surface area contributed by atoms with E-state index in [0.717, 1.165) is 18.2 Å². The number of ether oxygens (including phenoxy) is 1. The van der Waals surface area contributed by atoms with Crippen molar-refractivity contribution in [3.05, 3.63) is 45.7 Å². The molecule has 0 bridgehead atoms. The van der Waals surface area contributed by atoms with Gasteiger partial charge in [0.05, 0.1) is 36.1 Å². The number of amides is 1. The lowest BCUT2D eigenvalue weighted by atomic mass is 10.1. The molecule has 1 aromatic heterocycles. The SMILES string of the molecule is C/C(=N/NC(=O)Cc1csc(N2CCOCC2)n1)c1ccc(F)cc1Cl. The second kappa shape index (κ2) is 8.57. The fourth-order valence-electron chi connectivity index (χ4n) is 2.47. The molecule has 26 heavy (non-hydrogen) atoms. The molecule has 1 amide bonds. The minimum atomic E-state index is -0.421. The first-order valence-electron chi connectivity index (χ1n) is 8.08. The summed E-state index contributed by atoms with van der Waals surface area (Å²) in [6, 6.07) is 4.03. The molecule has 2 aromatic rings. The Bertz CT molecular complexity index is 821. The predicted molar refractivity (Wildman–Crippen MR) is 101 cm³/mol. The van der Waals surface area contributed by atoms with Gasteiger partial charge in [0.25, 0.3) is 0 Å². The Morgan fingerprint density at radius 3 is 2.96 bits per heavy atom. The van der Waals surface area contributed by atoms with Crippen LogP contribution in [-0.2, 0) is 16.0 Å². The third kappa shape index (κ3) is 4.78. The van der Waals surface area contributed by atoms with Gasteiger partial charge in [-0.1, -0.05) is 11.6 Å². The van der Waals surface area contributed by atoms with Crippen LogP contribution in [0.15, 0.2) is 28.7 Å². The predicted octanol–water partition coefficient (Wildman–Crippen LogP) is 2.86. The van der Waals surface area contributed by atoms with Crippen LogP contribution in [0.25, 0.3) is 0 Å². The molecule has 0 saturated carbocycles. The number of thiazole rings is 1. The van der Waals surface area contributed by atoms with Gasteiger partial charge in [-0.3, -0.25) is 4.79 Å². The summed E-state index contributed by atoms with van der Waals surface area (Å²) in [5.41, 5.74) is 4.25. The number of hydrazone groups is 1. The van der Waals surface area contributed by atoms with Crippen LogP contribution < -0.4 is 10.3 Å². The number of benzene rings is 1. The summed E-state index contributed by atoms with van der Waals surface area (Å²) in [6.07, 6.45) is 0.134. The number of nitrogens with zero attached hydrogens (tertiary/aromatic N) is 3. The largest absolute Gasteiger partial charge is 0.378 e. The highest BCUT2D eigenvalue weighted by Gasteiger charge is 2.15. The third-order valence-corrected chi connectivity index (χ3v) is 5.10. The van der Waals surface area contributed by atoms with Gasteiger partial charge in [-0.2, -0.15) is 5.10 Å². The Hall–Kier alpha value is -2.03. The summed E-state index contributed by atoms with van der Waals surface area (Å²) >= 11 is 7.50. The van der Waals surface area contributed by atoms with E-state index in [4.69, 9.17) is 16.3 Å². The first kappa shape index (κ1) is 18.8. The van der Waals surface area contributed by atoms with Crippen LogP contribution in [0.1, 0.15) is 18.2 Å². The highest BCUT2D eigenvalue weighted by atomic mass is 35.5. The van der Waals surface area contributed by atoms with Crippen molar-refractivity contribution in [1.29, 1.82) is 0 Å². The molecule has 1 aromatic carbocycles. The minimum Gasteiger partial charge on any atom is -0.378 e. The number of morpholine rings is 1. The maximum absolute atomic E-state index is 13.1. The molecule has 138 valence electrons. The fourth-order valence-corrected chi connectivity index (χ4v) is 3.65. The smallest absolute Gasteiger partial charge is 0.246 e. The Balaban J connectivity index is 1.57. The molecule has 9 heteroatoms. The first-order valence-corrected chi connectivity index (χ1v) is 9.34. The van der Waals surface area contributed by atoms with Crippen LogP contribution in [0.2, 0.25) is 5.02 Å². The molecule has 0 spiro atoms. The van der Waals surface area contributed by atoms with Crippen molar-refractivity contribution in [1.82, 2.24) is 10.4 Å². The molecular formula is C17H18ClFN4O2S. The third-order valence-electron chi connectivity index (χ3n) is 3.83. The van der Waals surface area contributed by atoms with E-state index < -0.39 is 5.82 Å². The summed E-state index contributed by atoms with van der Waals surface area (Å²) < 4.78 is 18.4. The number of hydrogen-bond acceptors (Lipinski definition) is 6. The van der Waals surface area contributed by atoms with Crippen LogP contribution in [0.4, 0.5) is 9.52 Å². The zero-order valence-corrected chi connectivity index (χ0v) is 15.7. The van der Waals surface area contributed by atoms with Gasteiger partial charge in [0.1, 0.15) is 5.82 Å². The van der Waals surface area contributed by atoms with Crippen molar-refractivity contribution in [2.45, 2.75) is 13.3 Å². The van der Waals surface area contributed by atoms with Gasteiger partial charge in [0, 0.05) is 24.0 Å². The number of hydrogen-bond donors (Lipinski definition) is 1. The highest BCUT2D eigenvalue weighted by molar-refractivity contribution is 7.13. The topological polar surface area (TPSA) is 66.8 Å². The number of aromatic nitrogens is 1. The van der Waals surface area contributed by atoms with E-state index in [1.165, 1.54) is 29.5 Å². The van der Waals surface area contributed by atoms with Gasteiger partial charge in [0.2, 0.25) is 5.91 Å². The van der Waals surface area contributed by atoms with E-state index in [1.807, 2.05) is 5.38 Å². The van der Waals surface area contributed by atoms with Crippen molar-refractivity contribution in [3.63, 3.8) is 0 Å². The summed E-state index contributed by atoms with van der Waals surface area (Å²) in [5.74, 6) is -0.698. The number of nitrogens with one attached hydrogen (secondary N) is 1. The number of anilines is 1. The number of rotatable bonds is 5. The molecule has 1 fully saturated rings. The van der Waals surface area contributed by atoms with Crippen molar-refractivity contribution < 1.29 is 13.9 Å². The lowest BCUT2D eigenvalue weighted by Crippen LogP contribution is -2.36. The van der Waals surface area contributed by atoms with Crippen LogP contribution in [0.3, 0.4) is 0 Å². The zero-order chi connectivity index (χ0) is 18.5. The van der Waals surface area contributed by atoms with E-state index in [0.29, 0.717) is 30.2 Å². The Labute approximate surface area is 159 Å². The minimum absolute atomic E-state index is 0.134. The van der Waals surface area contributed by atoms with E-state index in [2.05, 4.69) is 20.4 Å². The molecule has 0 atom stereocenters. The Morgan fingerprint density at radius 2 is 2.23 bits per heavy atom.